The average molecular weight is 535 g/mol. The first-order chi connectivity index (χ1) is 18.3. The van der Waals surface area contributed by atoms with Crippen molar-refractivity contribution < 1.29 is 14.3 Å². The predicted octanol–water partition coefficient (Wildman–Crippen LogP) is 4.87. The molecule has 210 valence electrons. The molecular weight excluding hydrogens is 492 g/mol. The van der Waals surface area contributed by atoms with Gasteiger partial charge in [-0.05, 0) is 103 Å². The second-order valence-electron chi connectivity index (χ2n) is 11.4. The van der Waals surface area contributed by atoms with Gasteiger partial charge in [-0.3, -0.25) is 9.59 Å². The average Bonchev–Trinajstić information content (AvgIpc) is 2.84. The van der Waals surface area contributed by atoms with E-state index in [2.05, 4.69) is 33.4 Å². The van der Waals surface area contributed by atoms with E-state index in [4.69, 9.17) is 11.2 Å². The molecule has 1 aliphatic carbocycles. The summed E-state index contributed by atoms with van der Waals surface area (Å²) in [5.74, 6) is 2.42. The molecule has 1 heterocycles. The molecule has 0 spiro atoms. The number of pyridine rings is 1. The Labute approximate surface area is 231 Å². The summed E-state index contributed by atoms with van der Waals surface area (Å²) in [6, 6.07) is 5.92. The maximum atomic E-state index is 13.3. The number of H-pyrrole nitrogens is 1. The van der Waals surface area contributed by atoms with Gasteiger partial charge in [0, 0.05) is 53.2 Å². The standard InChI is InChI=1S/C31H42N4O4/c1-9-22-16-25(28(36)32-18-26-19(3)15-20(4)33-29(26)37)21(5)27(17-22)35(10-2)24-13-11-23(12-14-24)34-30(38)39-31(6,7)8/h1,15-17,23-24H,10-14,18H2,2-8H3,(H,32,36)(H,33,37)(H,34,38). The zero-order chi connectivity index (χ0) is 28.9. The fourth-order valence-corrected chi connectivity index (χ4v) is 5.31. The lowest BCUT2D eigenvalue weighted by atomic mass is 9.89. The van der Waals surface area contributed by atoms with Crippen molar-refractivity contribution >= 4 is 17.7 Å². The fourth-order valence-electron chi connectivity index (χ4n) is 5.31. The first-order valence-electron chi connectivity index (χ1n) is 13.7. The number of carbonyl (C=O) groups is 2. The van der Waals surface area contributed by atoms with Gasteiger partial charge in [-0.25, -0.2) is 4.79 Å². The summed E-state index contributed by atoms with van der Waals surface area (Å²) in [5.41, 5.74) is 4.33. The van der Waals surface area contributed by atoms with Gasteiger partial charge in [0.05, 0.1) is 0 Å². The van der Waals surface area contributed by atoms with Crippen molar-refractivity contribution in [2.75, 3.05) is 11.4 Å². The maximum Gasteiger partial charge on any atom is 0.407 e. The summed E-state index contributed by atoms with van der Waals surface area (Å²) < 4.78 is 5.41. The number of benzene rings is 1. The normalized spacial score (nSPS) is 17.2. The van der Waals surface area contributed by atoms with Crippen LogP contribution in [0.4, 0.5) is 10.5 Å². The topological polar surface area (TPSA) is 104 Å². The number of hydrogen-bond acceptors (Lipinski definition) is 5. The number of alkyl carbamates (subject to hydrolysis) is 1. The molecular formula is C31H42N4O4. The molecule has 0 aliphatic heterocycles. The van der Waals surface area contributed by atoms with Gasteiger partial charge in [0.25, 0.3) is 11.5 Å². The molecule has 0 radical (unpaired) electrons. The fraction of sp³-hybridized carbons (Fsp3) is 0.516. The van der Waals surface area contributed by atoms with Crippen molar-refractivity contribution in [3.63, 3.8) is 0 Å². The van der Waals surface area contributed by atoms with E-state index < -0.39 is 5.60 Å². The first kappa shape index (κ1) is 29.8. The maximum absolute atomic E-state index is 13.3. The van der Waals surface area contributed by atoms with E-state index in [1.54, 1.807) is 6.07 Å². The monoisotopic (exact) mass is 534 g/mol. The summed E-state index contributed by atoms with van der Waals surface area (Å²) in [7, 11) is 0. The van der Waals surface area contributed by atoms with Crippen LogP contribution in [0.25, 0.3) is 0 Å². The lowest BCUT2D eigenvalue weighted by Gasteiger charge is -2.39. The molecule has 3 N–H and O–H groups in total. The molecule has 1 saturated carbocycles. The van der Waals surface area contributed by atoms with Crippen LogP contribution in [0.5, 0.6) is 0 Å². The van der Waals surface area contributed by atoms with Gasteiger partial charge in [-0.1, -0.05) is 5.92 Å². The Morgan fingerprint density at radius 2 is 1.79 bits per heavy atom. The second kappa shape index (κ2) is 12.4. The largest absolute Gasteiger partial charge is 0.444 e. The second-order valence-corrected chi connectivity index (χ2v) is 11.4. The number of terminal acetylenes is 1. The quantitative estimate of drug-likeness (QED) is 0.440. The minimum Gasteiger partial charge on any atom is -0.444 e. The van der Waals surface area contributed by atoms with Crippen molar-refractivity contribution in [1.82, 2.24) is 15.6 Å². The van der Waals surface area contributed by atoms with E-state index in [0.717, 1.165) is 54.7 Å². The number of ether oxygens (including phenoxy) is 1. The Morgan fingerprint density at radius 3 is 2.36 bits per heavy atom. The summed E-state index contributed by atoms with van der Waals surface area (Å²) in [6.07, 6.45) is 8.87. The van der Waals surface area contributed by atoms with Crippen molar-refractivity contribution in [3.8, 4) is 12.3 Å². The summed E-state index contributed by atoms with van der Waals surface area (Å²) in [4.78, 5) is 43.0. The Morgan fingerprint density at radius 1 is 1.13 bits per heavy atom. The highest BCUT2D eigenvalue weighted by atomic mass is 16.6. The van der Waals surface area contributed by atoms with Crippen LogP contribution in [0.2, 0.25) is 0 Å². The molecule has 1 aliphatic rings. The molecule has 0 bridgehead atoms. The number of rotatable bonds is 7. The van der Waals surface area contributed by atoms with E-state index in [1.807, 2.05) is 53.7 Å². The summed E-state index contributed by atoms with van der Waals surface area (Å²) in [5, 5.41) is 5.92. The molecule has 2 amide bonds. The molecule has 3 rings (SSSR count). The number of aromatic nitrogens is 1. The molecule has 0 atom stereocenters. The smallest absolute Gasteiger partial charge is 0.407 e. The highest BCUT2D eigenvalue weighted by Crippen LogP contribution is 2.32. The number of hydrogen-bond donors (Lipinski definition) is 3. The van der Waals surface area contributed by atoms with Crippen LogP contribution in [0, 0.1) is 33.1 Å². The molecule has 2 aromatic rings. The summed E-state index contributed by atoms with van der Waals surface area (Å²) in [6.45, 7) is 14.2. The minimum atomic E-state index is -0.529. The zero-order valence-electron chi connectivity index (χ0n) is 24.3. The van der Waals surface area contributed by atoms with E-state index >= 15 is 0 Å². The van der Waals surface area contributed by atoms with Gasteiger partial charge in [-0.15, -0.1) is 6.42 Å². The summed E-state index contributed by atoms with van der Waals surface area (Å²) >= 11 is 0. The molecule has 8 nitrogen and oxygen atoms in total. The van der Waals surface area contributed by atoms with Crippen LogP contribution in [0.15, 0.2) is 23.0 Å². The number of carbonyl (C=O) groups excluding carboxylic acids is 2. The number of amides is 2. The first-order valence-corrected chi connectivity index (χ1v) is 13.7. The van der Waals surface area contributed by atoms with Gasteiger partial charge >= 0.3 is 6.09 Å². The lowest BCUT2D eigenvalue weighted by molar-refractivity contribution is 0.0491. The molecule has 1 aromatic carbocycles. The van der Waals surface area contributed by atoms with Gasteiger partial charge < -0.3 is 25.3 Å². The van der Waals surface area contributed by atoms with Crippen molar-refractivity contribution in [1.29, 1.82) is 0 Å². The SMILES string of the molecule is C#Cc1cc(C(=O)NCc2c(C)cc(C)[nH]c2=O)c(C)c(N(CC)C2CCC(NC(=O)OC(C)(C)C)CC2)c1. The van der Waals surface area contributed by atoms with E-state index in [1.165, 1.54) is 0 Å². The van der Waals surface area contributed by atoms with Crippen molar-refractivity contribution in [2.45, 2.75) is 98.4 Å². The number of nitrogens with zero attached hydrogens (tertiary/aromatic N) is 1. The van der Waals surface area contributed by atoms with Crippen LogP contribution in [0.1, 0.15) is 91.7 Å². The molecule has 1 fully saturated rings. The Kier molecular flexibility index (Phi) is 9.49. The Balaban J connectivity index is 1.76. The number of anilines is 1. The van der Waals surface area contributed by atoms with E-state index in [-0.39, 0.29) is 36.2 Å². The van der Waals surface area contributed by atoms with Crippen LogP contribution in [-0.4, -0.2) is 41.2 Å². The minimum absolute atomic E-state index is 0.0719. The van der Waals surface area contributed by atoms with Crippen LogP contribution in [-0.2, 0) is 11.3 Å². The lowest BCUT2D eigenvalue weighted by Crippen LogP contribution is -2.45. The number of nitrogens with one attached hydrogen (secondary N) is 3. The molecule has 0 saturated heterocycles. The molecule has 0 unspecified atom stereocenters. The van der Waals surface area contributed by atoms with Crippen LogP contribution < -0.4 is 21.1 Å². The van der Waals surface area contributed by atoms with Crippen LogP contribution in [0.3, 0.4) is 0 Å². The van der Waals surface area contributed by atoms with Gasteiger partial charge in [0.2, 0.25) is 0 Å². The third kappa shape index (κ3) is 7.66. The van der Waals surface area contributed by atoms with Gasteiger partial charge in [0.15, 0.2) is 0 Å². The Bertz CT molecular complexity index is 1310. The number of aryl methyl sites for hydroxylation is 2. The van der Waals surface area contributed by atoms with Gasteiger partial charge in [-0.2, -0.15) is 0 Å². The molecule has 1 aromatic heterocycles. The highest BCUT2D eigenvalue weighted by molar-refractivity contribution is 5.97. The van der Waals surface area contributed by atoms with E-state index in [0.29, 0.717) is 16.7 Å². The predicted molar refractivity (Wildman–Crippen MR) is 155 cm³/mol. The van der Waals surface area contributed by atoms with Gasteiger partial charge in [0.1, 0.15) is 5.60 Å². The van der Waals surface area contributed by atoms with Crippen LogP contribution >= 0.6 is 0 Å². The van der Waals surface area contributed by atoms with E-state index in [9.17, 15) is 14.4 Å². The van der Waals surface area contributed by atoms with Crippen molar-refractivity contribution in [3.05, 3.63) is 62.1 Å². The third-order valence-corrected chi connectivity index (χ3v) is 7.22. The van der Waals surface area contributed by atoms with Crippen molar-refractivity contribution in [2.24, 2.45) is 0 Å². The highest BCUT2D eigenvalue weighted by Gasteiger charge is 2.29. The molecule has 8 heteroatoms. The zero-order valence-corrected chi connectivity index (χ0v) is 24.3. The third-order valence-electron chi connectivity index (χ3n) is 7.22. The Hall–Kier alpha value is -3.73. The number of aromatic amines is 1. The molecule has 39 heavy (non-hydrogen) atoms.